The summed E-state index contributed by atoms with van der Waals surface area (Å²) in [5.74, 6) is 0.766. The highest BCUT2D eigenvalue weighted by molar-refractivity contribution is 7.55. The zero-order valence-electron chi connectivity index (χ0n) is 11.5. The van der Waals surface area contributed by atoms with Crippen LogP contribution in [0.25, 0.3) is 11.2 Å². The van der Waals surface area contributed by atoms with Crippen molar-refractivity contribution in [3.05, 3.63) is 24.5 Å². The first-order chi connectivity index (χ1) is 10.8. The molecule has 2 aromatic rings. The molecule has 23 heavy (non-hydrogen) atoms. The Bertz CT molecular complexity index is 803. The number of aliphatic hydroxyl groups excluding tert-OH is 2. The highest BCUT2D eigenvalue weighted by Crippen LogP contribution is 2.38. The smallest absolute Gasteiger partial charge is 0.348 e. The maximum Gasteiger partial charge on any atom is 0.348 e. The predicted octanol–water partition coefficient (Wildman–Crippen LogP) is -1.28. The average Bonchev–Trinajstić information content (AvgIpc) is 3.01. The van der Waals surface area contributed by atoms with Crippen molar-refractivity contribution in [3.63, 3.8) is 0 Å². The second-order valence-electron chi connectivity index (χ2n) is 4.99. The molecule has 1 saturated heterocycles. The van der Waals surface area contributed by atoms with Crippen molar-refractivity contribution in [1.82, 2.24) is 19.5 Å². The number of nitrogens with two attached hydrogens (primary N) is 1. The number of aliphatic hydroxyl groups is 2. The van der Waals surface area contributed by atoms with Crippen molar-refractivity contribution in [1.29, 1.82) is 0 Å². The normalized spacial score (nSPS) is 28.9. The van der Waals surface area contributed by atoms with Crippen LogP contribution in [-0.4, -0.2) is 57.8 Å². The quantitative estimate of drug-likeness (QED) is 0.422. The van der Waals surface area contributed by atoms with E-state index in [2.05, 4.69) is 15.0 Å². The fraction of sp³-hybridized carbons (Fsp3) is 0.364. The van der Waals surface area contributed by atoms with E-state index in [1.165, 1.54) is 17.2 Å². The maximum atomic E-state index is 10.9. The van der Waals surface area contributed by atoms with Gasteiger partial charge in [0, 0.05) is 5.82 Å². The van der Waals surface area contributed by atoms with Gasteiger partial charge in [0.25, 0.3) is 0 Å². The molecular weight excluding hydrogens is 329 g/mol. The molecule has 124 valence electrons. The van der Waals surface area contributed by atoms with E-state index in [1.807, 2.05) is 0 Å². The molecule has 0 aliphatic carbocycles. The van der Waals surface area contributed by atoms with Crippen LogP contribution in [-0.2, 0) is 9.30 Å². The molecule has 0 spiro atoms. The zero-order chi connectivity index (χ0) is 16.8. The Kier molecular flexibility index (Phi) is 3.92. The number of fused-ring (bicyclic) bond motifs is 1. The number of hydrogen-bond donors (Lipinski definition) is 5. The van der Waals surface area contributed by atoms with Crippen LogP contribution in [0, 0.1) is 0 Å². The Morgan fingerprint density at radius 1 is 1.26 bits per heavy atom. The maximum absolute atomic E-state index is 10.9. The number of anilines is 1. The summed E-state index contributed by atoms with van der Waals surface area (Å²) in [6, 6.07) is 0. The van der Waals surface area contributed by atoms with E-state index >= 15 is 0 Å². The number of hydrogen-bond acceptors (Lipinski definition) is 8. The van der Waals surface area contributed by atoms with Gasteiger partial charge in [-0.25, -0.2) is 15.0 Å². The Morgan fingerprint density at radius 3 is 2.70 bits per heavy atom. The van der Waals surface area contributed by atoms with E-state index in [1.54, 1.807) is 0 Å². The first-order valence-electron chi connectivity index (χ1n) is 6.47. The van der Waals surface area contributed by atoms with E-state index in [0.717, 1.165) is 6.08 Å². The molecule has 11 nitrogen and oxygen atoms in total. The summed E-state index contributed by atoms with van der Waals surface area (Å²) >= 11 is 0. The molecule has 1 fully saturated rings. The van der Waals surface area contributed by atoms with Gasteiger partial charge in [0.15, 0.2) is 17.7 Å². The van der Waals surface area contributed by atoms with Crippen molar-refractivity contribution in [2.24, 2.45) is 0 Å². The Balaban J connectivity index is 1.93. The van der Waals surface area contributed by atoms with Gasteiger partial charge in [0.05, 0.1) is 6.33 Å². The predicted molar refractivity (Wildman–Crippen MR) is 76.8 cm³/mol. The molecule has 0 amide bonds. The summed E-state index contributed by atoms with van der Waals surface area (Å²) in [6.07, 6.45) is -1.31. The number of nitrogen functional groups attached to an aromatic ring is 1. The van der Waals surface area contributed by atoms with E-state index in [-0.39, 0.29) is 5.82 Å². The Hall–Kier alpha value is -1.88. The number of aromatic nitrogens is 4. The second kappa shape index (κ2) is 5.64. The minimum Gasteiger partial charge on any atom is -0.387 e. The van der Waals surface area contributed by atoms with Gasteiger partial charge < -0.3 is 30.5 Å². The van der Waals surface area contributed by atoms with Gasteiger partial charge in [-0.05, 0) is 6.08 Å². The summed E-state index contributed by atoms with van der Waals surface area (Å²) in [7, 11) is -4.40. The standard InChI is InChI=1S/C11H14N5O6P/c12-9-6-10(14-3-13-9)16(4-15-6)11-8(18)7(17)5(22-11)1-2-23(19,20)21/h1-5,7-8,11,17-18H,(H2,12,13,14)(H2,19,20,21)/t5?,7?,8?,11-/m1/s1. The van der Waals surface area contributed by atoms with Crippen molar-refractivity contribution >= 4 is 24.6 Å². The SMILES string of the molecule is Nc1ncnc2c1ncn2[C@@H]1OC(C=CP(=O)(O)O)C(O)C1O. The Labute approximate surface area is 129 Å². The lowest BCUT2D eigenvalue weighted by molar-refractivity contribution is -0.0244. The summed E-state index contributed by atoms with van der Waals surface area (Å²) < 4.78 is 17.7. The van der Waals surface area contributed by atoms with Crippen LogP contribution >= 0.6 is 7.60 Å². The van der Waals surface area contributed by atoms with Gasteiger partial charge in [-0.15, -0.1) is 0 Å². The van der Waals surface area contributed by atoms with E-state index in [0.29, 0.717) is 17.0 Å². The number of nitrogens with zero attached hydrogens (tertiary/aromatic N) is 4. The van der Waals surface area contributed by atoms with Crippen molar-refractivity contribution in [3.8, 4) is 0 Å². The van der Waals surface area contributed by atoms with Gasteiger partial charge >= 0.3 is 7.60 Å². The lowest BCUT2D eigenvalue weighted by Gasteiger charge is -2.16. The molecule has 0 aromatic carbocycles. The number of rotatable bonds is 3. The third-order valence-corrected chi connectivity index (χ3v) is 3.97. The monoisotopic (exact) mass is 343 g/mol. The van der Waals surface area contributed by atoms with Crippen LogP contribution in [0.5, 0.6) is 0 Å². The summed E-state index contributed by atoms with van der Waals surface area (Å²) in [5, 5.41) is 20.1. The minimum atomic E-state index is -4.40. The first-order valence-corrected chi connectivity index (χ1v) is 8.15. The van der Waals surface area contributed by atoms with E-state index < -0.39 is 32.1 Å². The van der Waals surface area contributed by atoms with Crippen LogP contribution in [0.1, 0.15) is 6.23 Å². The third kappa shape index (κ3) is 2.98. The molecule has 6 N–H and O–H groups in total. The molecule has 1 aliphatic heterocycles. The molecule has 3 heterocycles. The van der Waals surface area contributed by atoms with Gasteiger partial charge in [0.2, 0.25) is 0 Å². The van der Waals surface area contributed by atoms with Crippen molar-refractivity contribution in [2.45, 2.75) is 24.5 Å². The summed E-state index contributed by atoms with van der Waals surface area (Å²) in [5.41, 5.74) is 6.29. The van der Waals surface area contributed by atoms with Gasteiger partial charge in [-0.2, -0.15) is 0 Å². The van der Waals surface area contributed by atoms with Crippen LogP contribution < -0.4 is 5.73 Å². The Morgan fingerprint density at radius 2 is 2.00 bits per heavy atom. The van der Waals surface area contributed by atoms with E-state index in [4.69, 9.17) is 20.3 Å². The average molecular weight is 343 g/mol. The molecule has 1 aliphatic rings. The fourth-order valence-electron chi connectivity index (χ4n) is 2.33. The fourth-order valence-corrected chi connectivity index (χ4v) is 2.72. The van der Waals surface area contributed by atoms with Gasteiger partial charge in [-0.3, -0.25) is 9.13 Å². The van der Waals surface area contributed by atoms with Crippen LogP contribution in [0.15, 0.2) is 24.5 Å². The molecule has 0 radical (unpaired) electrons. The molecule has 2 aromatic heterocycles. The topological polar surface area (TPSA) is 177 Å². The molecule has 0 bridgehead atoms. The minimum absolute atomic E-state index is 0.153. The zero-order valence-corrected chi connectivity index (χ0v) is 12.4. The highest BCUT2D eigenvalue weighted by atomic mass is 31.2. The van der Waals surface area contributed by atoms with Crippen LogP contribution in [0.4, 0.5) is 5.82 Å². The largest absolute Gasteiger partial charge is 0.387 e. The second-order valence-corrected chi connectivity index (χ2v) is 6.46. The van der Waals surface area contributed by atoms with Crippen LogP contribution in [0.2, 0.25) is 0 Å². The molecule has 12 heteroatoms. The molecule has 3 rings (SSSR count). The molecule has 4 atom stereocenters. The van der Waals surface area contributed by atoms with Gasteiger partial charge in [-0.1, -0.05) is 0 Å². The highest BCUT2D eigenvalue weighted by Gasteiger charge is 2.43. The van der Waals surface area contributed by atoms with E-state index in [9.17, 15) is 14.8 Å². The molecular formula is C11H14N5O6P. The molecule has 3 unspecified atom stereocenters. The number of imidazole rings is 1. The van der Waals surface area contributed by atoms with Crippen LogP contribution in [0.3, 0.4) is 0 Å². The number of ether oxygens (including phenoxy) is 1. The lowest BCUT2D eigenvalue weighted by Crippen LogP contribution is -2.30. The van der Waals surface area contributed by atoms with Gasteiger partial charge in [0.1, 0.15) is 30.2 Å². The first kappa shape index (κ1) is 16.0. The van der Waals surface area contributed by atoms with Crippen molar-refractivity contribution in [2.75, 3.05) is 5.73 Å². The summed E-state index contributed by atoms with van der Waals surface area (Å²) in [6.45, 7) is 0. The molecule has 0 saturated carbocycles. The third-order valence-electron chi connectivity index (χ3n) is 3.41. The summed E-state index contributed by atoms with van der Waals surface area (Å²) in [4.78, 5) is 29.5. The lowest BCUT2D eigenvalue weighted by atomic mass is 10.1. The van der Waals surface area contributed by atoms with Crippen molar-refractivity contribution < 1.29 is 29.3 Å².